The van der Waals surface area contributed by atoms with E-state index in [1.165, 1.54) is 24.0 Å². The van der Waals surface area contributed by atoms with Crippen LogP contribution in [0.15, 0.2) is 24.3 Å². The highest BCUT2D eigenvalue weighted by Crippen LogP contribution is 2.63. The summed E-state index contributed by atoms with van der Waals surface area (Å²) in [5, 5.41) is 8.96. The number of fused-ring (bicyclic) bond motifs is 1. The van der Waals surface area contributed by atoms with Gasteiger partial charge in [0.1, 0.15) is 0 Å². The average Bonchev–Trinajstić information content (AvgIpc) is 2.89. The predicted octanol–water partition coefficient (Wildman–Crippen LogP) is 2.58. The minimum Gasteiger partial charge on any atom is -0.481 e. The molecule has 0 bridgehead atoms. The fourth-order valence-corrected chi connectivity index (χ4v) is 3.05. The first-order valence-corrected chi connectivity index (χ1v) is 5.51. The molecule has 0 aliphatic heterocycles. The molecule has 2 heteroatoms. The van der Waals surface area contributed by atoms with E-state index in [0.717, 1.165) is 6.42 Å². The Bertz CT molecular complexity index is 418. The Morgan fingerprint density at radius 2 is 2.13 bits per heavy atom. The van der Waals surface area contributed by atoms with E-state index >= 15 is 0 Å². The van der Waals surface area contributed by atoms with E-state index in [2.05, 4.69) is 18.2 Å². The van der Waals surface area contributed by atoms with Gasteiger partial charge in [0, 0.05) is 5.92 Å². The van der Waals surface area contributed by atoms with Crippen LogP contribution in [-0.2, 0) is 11.2 Å². The third-order valence-electron chi connectivity index (χ3n) is 3.98. The average molecular weight is 202 g/mol. The Morgan fingerprint density at radius 1 is 1.40 bits per heavy atom. The number of carbonyl (C=O) groups is 1. The molecule has 0 heterocycles. The van der Waals surface area contributed by atoms with Gasteiger partial charge in [-0.25, -0.2) is 0 Å². The highest BCUT2D eigenvalue weighted by Gasteiger charge is 2.54. The molecule has 1 atom stereocenters. The maximum absolute atomic E-state index is 10.9. The quantitative estimate of drug-likeness (QED) is 0.800. The van der Waals surface area contributed by atoms with Gasteiger partial charge in [0.15, 0.2) is 0 Å². The zero-order valence-corrected chi connectivity index (χ0v) is 8.57. The standard InChI is InChI=1S/C13H14O2/c14-12(15)7-11-10-4-2-1-3-9(10)8-13(11)5-6-13/h1-4,11H,5-8H2,(H,14,15)/t11-/m0/s1. The van der Waals surface area contributed by atoms with Crippen LogP contribution in [0.3, 0.4) is 0 Å². The minimum absolute atomic E-state index is 0.270. The highest BCUT2D eigenvalue weighted by atomic mass is 16.4. The Balaban J connectivity index is 2.00. The number of carboxylic acid groups (broad SMARTS) is 1. The van der Waals surface area contributed by atoms with E-state index < -0.39 is 5.97 Å². The molecule has 0 radical (unpaired) electrons. The summed E-state index contributed by atoms with van der Waals surface area (Å²) in [5.41, 5.74) is 2.99. The van der Waals surface area contributed by atoms with Crippen molar-refractivity contribution < 1.29 is 9.90 Å². The number of aliphatic carboxylic acids is 1. The third kappa shape index (κ3) is 1.28. The number of hydrogen-bond donors (Lipinski definition) is 1. The number of rotatable bonds is 2. The van der Waals surface area contributed by atoms with E-state index in [1.54, 1.807) is 0 Å². The van der Waals surface area contributed by atoms with Crippen molar-refractivity contribution in [1.29, 1.82) is 0 Å². The molecule has 2 aliphatic rings. The summed E-state index contributed by atoms with van der Waals surface area (Å²) < 4.78 is 0. The summed E-state index contributed by atoms with van der Waals surface area (Å²) in [6, 6.07) is 8.33. The predicted molar refractivity (Wildman–Crippen MR) is 56.8 cm³/mol. The fraction of sp³-hybridized carbons (Fsp3) is 0.462. The van der Waals surface area contributed by atoms with Gasteiger partial charge < -0.3 is 5.11 Å². The van der Waals surface area contributed by atoms with Crippen LogP contribution in [0.4, 0.5) is 0 Å². The smallest absolute Gasteiger partial charge is 0.303 e. The maximum atomic E-state index is 10.9. The van der Waals surface area contributed by atoms with E-state index in [4.69, 9.17) is 5.11 Å². The summed E-state index contributed by atoms with van der Waals surface area (Å²) >= 11 is 0. The zero-order chi connectivity index (χ0) is 10.5. The van der Waals surface area contributed by atoms with Crippen molar-refractivity contribution in [3.05, 3.63) is 35.4 Å². The number of hydrogen-bond acceptors (Lipinski definition) is 1. The van der Waals surface area contributed by atoms with Crippen molar-refractivity contribution in [1.82, 2.24) is 0 Å². The van der Waals surface area contributed by atoms with Crippen LogP contribution in [-0.4, -0.2) is 11.1 Å². The Hall–Kier alpha value is -1.31. The Kier molecular flexibility index (Phi) is 1.70. The van der Waals surface area contributed by atoms with Gasteiger partial charge in [-0.3, -0.25) is 4.79 Å². The van der Waals surface area contributed by atoms with E-state index in [1.807, 2.05) is 6.07 Å². The van der Waals surface area contributed by atoms with E-state index in [-0.39, 0.29) is 5.92 Å². The lowest BCUT2D eigenvalue weighted by Gasteiger charge is -2.16. The van der Waals surface area contributed by atoms with Gasteiger partial charge in [-0.15, -0.1) is 0 Å². The van der Waals surface area contributed by atoms with Crippen LogP contribution in [0.2, 0.25) is 0 Å². The van der Waals surface area contributed by atoms with Crippen molar-refractivity contribution in [3.63, 3.8) is 0 Å². The zero-order valence-electron chi connectivity index (χ0n) is 8.57. The molecule has 3 rings (SSSR count). The summed E-state index contributed by atoms with van der Waals surface area (Å²) in [4.78, 5) is 10.9. The molecule has 1 spiro atoms. The van der Waals surface area contributed by atoms with Crippen LogP contribution in [0.25, 0.3) is 0 Å². The molecule has 15 heavy (non-hydrogen) atoms. The highest BCUT2D eigenvalue weighted by molar-refractivity contribution is 5.69. The van der Waals surface area contributed by atoms with Crippen LogP contribution in [0, 0.1) is 5.41 Å². The first kappa shape index (κ1) is 8.96. The second kappa shape index (κ2) is 2.84. The molecule has 0 saturated heterocycles. The summed E-state index contributed by atoms with van der Waals surface area (Å²) in [6.07, 6.45) is 3.82. The van der Waals surface area contributed by atoms with Gasteiger partial charge in [-0.05, 0) is 35.8 Å². The largest absolute Gasteiger partial charge is 0.481 e. The van der Waals surface area contributed by atoms with Gasteiger partial charge in [0.05, 0.1) is 6.42 Å². The normalized spacial score (nSPS) is 25.2. The molecule has 0 amide bonds. The number of benzene rings is 1. The van der Waals surface area contributed by atoms with Crippen molar-refractivity contribution in [2.24, 2.45) is 5.41 Å². The third-order valence-corrected chi connectivity index (χ3v) is 3.98. The lowest BCUT2D eigenvalue weighted by molar-refractivity contribution is -0.137. The van der Waals surface area contributed by atoms with Crippen LogP contribution in [0.5, 0.6) is 0 Å². The van der Waals surface area contributed by atoms with Gasteiger partial charge in [-0.1, -0.05) is 24.3 Å². The lowest BCUT2D eigenvalue weighted by Crippen LogP contribution is -2.13. The van der Waals surface area contributed by atoms with Gasteiger partial charge in [0.2, 0.25) is 0 Å². The SMILES string of the molecule is O=C(O)C[C@H]1c2ccccc2CC12CC2. The maximum Gasteiger partial charge on any atom is 0.303 e. The molecular formula is C13H14O2. The van der Waals surface area contributed by atoms with E-state index in [9.17, 15) is 4.79 Å². The molecule has 1 aromatic carbocycles. The molecule has 1 saturated carbocycles. The first-order chi connectivity index (χ1) is 7.21. The molecule has 1 aromatic rings. The van der Waals surface area contributed by atoms with Crippen LogP contribution in [0.1, 0.15) is 36.3 Å². The molecule has 1 N–H and O–H groups in total. The van der Waals surface area contributed by atoms with Crippen molar-refractivity contribution in [2.75, 3.05) is 0 Å². The molecule has 0 aromatic heterocycles. The van der Waals surface area contributed by atoms with Gasteiger partial charge in [-0.2, -0.15) is 0 Å². The summed E-state index contributed by atoms with van der Waals surface area (Å²) in [7, 11) is 0. The molecule has 2 aliphatic carbocycles. The molecular weight excluding hydrogens is 188 g/mol. The van der Waals surface area contributed by atoms with Gasteiger partial charge in [0.25, 0.3) is 0 Å². The molecule has 1 fully saturated rings. The van der Waals surface area contributed by atoms with Gasteiger partial charge >= 0.3 is 5.97 Å². The Morgan fingerprint density at radius 3 is 2.80 bits per heavy atom. The summed E-state index contributed by atoms with van der Waals surface area (Å²) in [6.45, 7) is 0. The van der Waals surface area contributed by atoms with Crippen LogP contribution >= 0.6 is 0 Å². The topological polar surface area (TPSA) is 37.3 Å². The molecule has 78 valence electrons. The lowest BCUT2D eigenvalue weighted by atomic mass is 9.87. The second-order valence-corrected chi connectivity index (χ2v) is 4.89. The number of carboxylic acids is 1. The molecule has 2 nitrogen and oxygen atoms in total. The minimum atomic E-state index is -0.664. The van der Waals surface area contributed by atoms with Crippen molar-refractivity contribution in [3.8, 4) is 0 Å². The second-order valence-electron chi connectivity index (χ2n) is 4.89. The monoisotopic (exact) mass is 202 g/mol. The van der Waals surface area contributed by atoms with Crippen molar-refractivity contribution >= 4 is 5.97 Å². The Labute approximate surface area is 88.9 Å². The van der Waals surface area contributed by atoms with E-state index in [0.29, 0.717) is 11.8 Å². The van der Waals surface area contributed by atoms with Crippen LogP contribution < -0.4 is 0 Å². The molecule has 0 unspecified atom stereocenters. The fourth-order valence-electron chi connectivity index (χ4n) is 3.05. The van der Waals surface area contributed by atoms with Crippen molar-refractivity contribution in [2.45, 2.75) is 31.6 Å². The first-order valence-electron chi connectivity index (χ1n) is 5.51. The summed E-state index contributed by atoms with van der Waals surface area (Å²) in [5.74, 6) is -0.394.